The van der Waals surface area contributed by atoms with Crippen molar-refractivity contribution in [3.05, 3.63) is 18.5 Å². The van der Waals surface area contributed by atoms with Crippen molar-refractivity contribution in [1.29, 1.82) is 0 Å². The van der Waals surface area contributed by atoms with Gasteiger partial charge in [-0.05, 0) is 12.1 Å². The third kappa shape index (κ3) is 0.884. The molecule has 0 unspecified atom stereocenters. The molecule has 0 spiro atoms. The second-order valence-electron chi connectivity index (χ2n) is 2.89. The van der Waals surface area contributed by atoms with Gasteiger partial charge in [-0.15, -0.1) is 0 Å². The number of hydrogen-bond donors (Lipinski definition) is 1. The van der Waals surface area contributed by atoms with Gasteiger partial charge < -0.3 is 14.5 Å². The van der Waals surface area contributed by atoms with Crippen LogP contribution in [0.2, 0.25) is 0 Å². The number of nitrogens with zero attached hydrogens (tertiary/aromatic N) is 1. The van der Waals surface area contributed by atoms with Gasteiger partial charge in [0.25, 0.3) is 0 Å². The highest BCUT2D eigenvalue weighted by Gasteiger charge is 2.15. The Morgan fingerprint density at radius 1 is 1.23 bits per heavy atom. The fraction of sp³-hybridized carbons (Fsp3) is 0.222. The molecule has 1 N–H and O–H groups in total. The van der Waals surface area contributed by atoms with E-state index in [0.717, 1.165) is 22.5 Å². The van der Waals surface area contributed by atoms with Gasteiger partial charge in [0.15, 0.2) is 11.5 Å². The van der Waals surface area contributed by atoms with Crippen LogP contribution in [0.5, 0.6) is 11.5 Å². The predicted octanol–water partition coefficient (Wildman–Crippen LogP) is 1.33. The van der Waals surface area contributed by atoms with Gasteiger partial charge in [-0.1, -0.05) is 0 Å². The van der Waals surface area contributed by atoms with Crippen LogP contribution in [0.4, 0.5) is 0 Å². The summed E-state index contributed by atoms with van der Waals surface area (Å²) >= 11 is 0. The first kappa shape index (κ1) is 6.77. The van der Waals surface area contributed by atoms with Gasteiger partial charge in [-0.2, -0.15) is 0 Å². The average molecular weight is 176 g/mol. The number of nitrogens with one attached hydrogen (secondary N) is 1. The van der Waals surface area contributed by atoms with E-state index in [1.807, 2.05) is 12.1 Å². The fourth-order valence-corrected chi connectivity index (χ4v) is 1.51. The largest absolute Gasteiger partial charge is 0.486 e. The zero-order valence-electron chi connectivity index (χ0n) is 6.91. The van der Waals surface area contributed by atoms with E-state index >= 15 is 0 Å². The first-order chi connectivity index (χ1) is 6.45. The SMILES string of the molecule is c1nc2c3c(ccc2[nH]1)OCCO3. The van der Waals surface area contributed by atoms with Gasteiger partial charge in [0, 0.05) is 0 Å². The minimum Gasteiger partial charge on any atom is -0.486 e. The van der Waals surface area contributed by atoms with Crippen molar-refractivity contribution in [2.75, 3.05) is 13.2 Å². The van der Waals surface area contributed by atoms with Crippen LogP contribution in [0, 0.1) is 0 Å². The van der Waals surface area contributed by atoms with Crippen molar-refractivity contribution < 1.29 is 9.47 Å². The van der Waals surface area contributed by atoms with Crippen LogP contribution in [0.25, 0.3) is 11.0 Å². The third-order valence-corrected chi connectivity index (χ3v) is 2.10. The van der Waals surface area contributed by atoms with Gasteiger partial charge in [-0.25, -0.2) is 4.98 Å². The standard InChI is InChI=1S/C9H8N2O2/c1-2-7-9(13-4-3-12-7)8-6(1)10-5-11-8/h1-2,5H,3-4H2,(H,10,11). The van der Waals surface area contributed by atoms with Crippen LogP contribution in [-0.2, 0) is 0 Å². The number of rotatable bonds is 0. The summed E-state index contributed by atoms with van der Waals surface area (Å²) in [6.07, 6.45) is 1.66. The molecule has 0 radical (unpaired) electrons. The first-order valence-corrected chi connectivity index (χ1v) is 4.17. The normalized spacial score (nSPS) is 14.8. The second kappa shape index (κ2) is 2.39. The molecule has 4 nitrogen and oxygen atoms in total. The van der Waals surface area contributed by atoms with Crippen molar-refractivity contribution in [3.63, 3.8) is 0 Å². The van der Waals surface area contributed by atoms with Crippen molar-refractivity contribution >= 4 is 11.0 Å². The topological polar surface area (TPSA) is 47.1 Å². The number of hydrogen-bond acceptors (Lipinski definition) is 3. The maximum Gasteiger partial charge on any atom is 0.189 e. The van der Waals surface area contributed by atoms with Crippen LogP contribution in [0.15, 0.2) is 18.5 Å². The maximum atomic E-state index is 5.49. The Hall–Kier alpha value is -1.71. The molecule has 1 aromatic carbocycles. The highest BCUT2D eigenvalue weighted by atomic mass is 16.6. The molecule has 1 aromatic heterocycles. The number of H-pyrrole nitrogens is 1. The lowest BCUT2D eigenvalue weighted by molar-refractivity contribution is 0.173. The lowest BCUT2D eigenvalue weighted by Gasteiger charge is -2.17. The number of aromatic nitrogens is 2. The van der Waals surface area contributed by atoms with Gasteiger partial charge in [0.05, 0.1) is 11.8 Å². The fourth-order valence-electron chi connectivity index (χ4n) is 1.51. The molecule has 2 aromatic rings. The van der Waals surface area contributed by atoms with Gasteiger partial charge in [-0.3, -0.25) is 0 Å². The summed E-state index contributed by atoms with van der Waals surface area (Å²) in [7, 11) is 0. The van der Waals surface area contributed by atoms with Gasteiger partial charge in [0.2, 0.25) is 0 Å². The smallest absolute Gasteiger partial charge is 0.189 e. The van der Waals surface area contributed by atoms with E-state index < -0.39 is 0 Å². The Balaban J connectivity index is 2.34. The van der Waals surface area contributed by atoms with Crippen molar-refractivity contribution in [2.45, 2.75) is 0 Å². The van der Waals surface area contributed by atoms with E-state index in [9.17, 15) is 0 Å². The minimum atomic E-state index is 0.596. The Labute approximate surface area is 74.5 Å². The van der Waals surface area contributed by atoms with Gasteiger partial charge in [0.1, 0.15) is 18.7 Å². The number of ether oxygens (including phenoxy) is 2. The summed E-state index contributed by atoms with van der Waals surface area (Å²) in [5, 5.41) is 0. The van der Waals surface area contributed by atoms with Crippen LogP contribution < -0.4 is 9.47 Å². The molecule has 66 valence electrons. The van der Waals surface area contributed by atoms with Crippen LogP contribution >= 0.6 is 0 Å². The molecule has 0 saturated heterocycles. The number of imidazole rings is 1. The Bertz CT molecular complexity index is 450. The molecular weight excluding hydrogens is 168 g/mol. The first-order valence-electron chi connectivity index (χ1n) is 4.17. The summed E-state index contributed by atoms with van der Waals surface area (Å²) in [6.45, 7) is 1.21. The maximum absolute atomic E-state index is 5.49. The highest BCUT2D eigenvalue weighted by Crippen LogP contribution is 2.35. The van der Waals surface area contributed by atoms with Crippen LogP contribution in [-0.4, -0.2) is 23.2 Å². The van der Waals surface area contributed by atoms with E-state index in [0.29, 0.717) is 13.2 Å². The average Bonchev–Trinajstić information content (AvgIpc) is 2.65. The Morgan fingerprint density at radius 3 is 3.15 bits per heavy atom. The molecule has 0 atom stereocenters. The predicted molar refractivity (Wildman–Crippen MR) is 47.1 cm³/mol. The zero-order chi connectivity index (χ0) is 8.67. The second-order valence-corrected chi connectivity index (χ2v) is 2.89. The zero-order valence-corrected chi connectivity index (χ0v) is 6.91. The lowest BCUT2D eigenvalue weighted by Crippen LogP contribution is -2.15. The molecule has 3 rings (SSSR count). The molecule has 4 heteroatoms. The van der Waals surface area contributed by atoms with Gasteiger partial charge >= 0.3 is 0 Å². The Kier molecular flexibility index (Phi) is 1.24. The monoisotopic (exact) mass is 176 g/mol. The minimum absolute atomic E-state index is 0.596. The van der Waals surface area contributed by atoms with Crippen molar-refractivity contribution in [2.24, 2.45) is 0 Å². The molecule has 0 fully saturated rings. The number of fused-ring (bicyclic) bond motifs is 3. The molecule has 0 bridgehead atoms. The molecule has 0 saturated carbocycles. The third-order valence-electron chi connectivity index (χ3n) is 2.10. The molecule has 0 aliphatic carbocycles. The quantitative estimate of drug-likeness (QED) is 0.658. The van der Waals surface area contributed by atoms with E-state index in [-0.39, 0.29) is 0 Å². The number of benzene rings is 1. The summed E-state index contributed by atoms with van der Waals surface area (Å²) in [6, 6.07) is 3.84. The lowest BCUT2D eigenvalue weighted by atomic mass is 10.2. The molecular formula is C9H8N2O2. The highest BCUT2D eigenvalue weighted by molar-refractivity contribution is 5.84. The molecule has 2 heterocycles. The van der Waals surface area contributed by atoms with E-state index in [1.165, 1.54) is 0 Å². The summed E-state index contributed by atoms with van der Waals surface area (Å²) in [4.78, 5) is 7.19. The number of aromatic amines is 1. The van der Waals surface area contributed by atoms with E-state index in [2.05, 4.69) is 9.97 Å². The van der Waals surface area contributed by atoms with E-state index in [4.69, 9.17) is 9.47 Å². The van der Waals surface area contributed by atoms with E-state index in [1.54, 1.807) is 6.33 Å². The Morgan fingerprint density at radius 2 is 2.15 bits per heavy atom. The van der Waals surface area contributed by atoms with Crippen LogP contribution in [0.1, 0.15) is 0 Å². The molecule has 1 aliphatic heterocycles. The summed E-state index contributed by atoms with van der Waals surface area (Å²) in [5.74, 6) is 1.54. The summed E-state index contributed by atoms with van der Waals surface area (Å²) in [5.41, 5.74) is 1.82. The summed E-state index contributed by atoms with van der Waals surface area (Å²) < 4.78 is 10.9. The molecule has 1 aliphatic rings. The van der Waals surface area contributed by atoms with Crippen LogP contribution in [0.3, 0.4) is 0 Å². The molecule has 13 heavy (non-hydrogen) atoms. The van der Waals surface area contributed by atoms with Crippen molar-refractivity contribution in [3.8, 4) is 11.5 Å². The van der Waals surface area contributed by atoms with Crippen molar-refractivity contribution in [1.82, 2.24) is 9.97 Å². The molecule has 0 amide bonds.